The first kappa shape index (κ1) is 14.5. The molecule has 118 valence electrons. The van der Waals surface area contributed by atoms with Crippen molar-refractivity contribution in [2.75, 3.05) is 0 Å². The van der Waals surface area contributed by atoms with E-state index < -0.39 is 28.5 Å². The van der Waals surface area contributed by atoms with Crippen LogP contribution in [0.5, 0.6) is 5.75 Å². The van der Waals surface area contributed by atoms with Gasteiger partial charge in [0.2, 0.25) is 0 Å². The highest BCUT2D eigenvalue weighted by molar-refractivity contribution is 8.01. The van der Waals surface area contributed by atoms with Crippen molar-refractivity contribution in [3.63, 3.8) is 0 Å². The number of fused-ring (bicyclic) bond motifs is 5. The topological polar surface area (TPSA) is 96.5 Å². The lowest BCUT2D eigenvalue weighted by Crippen LogP contribution is -2.52. The van der Waals surface area contributed by atoms with E-state index in [2.05, 4.69) is 4.98 Å². The van der Waals surface area contributed by atoms with Crippen LogP contribution in [0.3, 0.4) is 0 Å². The molecular weight excluding hydrogens is 338 g/mol. The van der Waals surface area contributed by atoms with Crippen molar-refractivity contribution >= 4 is 35.0 Å². The van der Waals surface area contributed by atoms with E-state index in [1.54, 1.807) is 12.1 Å². The highest BCUT2D eigenvalue weighted by Crippen LogP contribution is 2.57. The zero-order valence-electron chi connectivity index (χ0n) is 11.9. The van der Waals surface area contributed by atoms with Crippen LogP contribution in [-0.2, 0) is 9.59 Å². The predicted octanol–water partition coefficient (Wildman–Crippen LogP) is 2.05. The third-order valence-corrected chi connectivity index (χ3v) is 6.78. The molecule has 4 rings (SSSR count). The molecule has 0 aliphatic carbocycles. The lowest BCUT2D eigenvalue weighted by atomic mass is 9.75. The molecule has 2 N–H and O–H groups in total. The van der Waals surface area contributed by atoms with Crippen LogP contribution in [0.25, 0.3) is 0 Å². The lowest BCUT2D eigenvalue weighted by Gasteiger charge is -2.42. The summed E-state index contributed by atoms with van der Waals surface area (Å²) in [6.45, 7) is 1.51. The van der Waals surface area contributed by atoms with Gasteiger partial charge in [-0.15, -0.1) is 0 Å². The van der Waals surface area contributed by atoms with Gasteiger partial charge in [-0.1, -0.05) is 41.3 Å². The van der Waals surface area contributed by atoms with Crippen molar-refractivity contribution in [3.05, 3.63) is 44.4 Å². The van der Waals surface area contributed by atoms with Gasteiger partial charge in [-0.25, -0.2) is 0 Å². The minimum atomic E-state index is -1.41. The molecule has 0 spiro atoms. The smallest absolute Gasteiger partial charge is 0.320 e. The number of hydrogen-bond donors (Lipinski definition) is 2. The number of esters is 1. The van der Waals surface area contributed by atoms with Crippen LogP contribution in [0.2, 0.25) is 0 Å². The van der Waals surface area contributed by atoms with E-state index >= 15 is 0 Å². The first-order valence-corrected chi connectivity index (χ1v) is 8.51. The van der Waals surface area contributed by atoms with E-state index in [1.165, 1.54) is 6.92 Å². The highest BCUT2D eigenvalue weighted by Gasteiger charge is 2.58. The van der Waals surface area contributed by atoms with Crippen LogP contribution in [-0.4, -0.2) is 26.8 Å². The number of H-pyrrole nitrogens is 1. The van der Waals surface area contributed by atoms with Crippen molar-refractivity contribution < 1.29 is 19.4 Å². The van der Waals surface area contributed by atoms with E-state index in [0.717, 1.165) is 28.7 Å². The van der Waals surface area contributed by atoms with Crippen LogP contribution < -0.4 is 9.61 Å². The van der Waals surface area contributed by atoms with Crippen LogP contribution in [0, 0.1) is 5.92 Å². The molecule has 2 aromatic rings. The average Bonchev–Trinajstić information content (AvgIpc) is 2.86. The van der Waals surface area contributed by atoms with Gasteiger partial charge in [0.05, 0.1) is 10.9 Å². The summed E-state index contributed by atoms with van der Waals surface area (Å²) in [4.78, 5) is 39.4. The number of para-hydroxylation sites is 1. The number of thioether (sulfide) groups is 1. The van der Waals surface area contributed by atoms with Crippen molar-refractivity contribution in [2.45, 2.75) is 22.6 Å². The third-order valence-electron chi connectivity index (χ3n) is 4.31. The van der Waals surface area contributed by atoms with Crippen molar-refractivity contribution in [1.82, 2.24) is 4.98 Å². The fourth-order valence-corrected chi connectivity index (χ4v) is 5.66. The Morgan fingerprint density at radius 3 is 2.83 bits per heavy atom. The molecule has 2 aliphatic heterocycles. The summed E-state index contributed by atoms with van der Waals surface area (Å²) in [5.41, 5.74) is 0.737. The second-order valence-electron chi connectivity index (χ2n) is 5.64. The molecule has 1 aromatic carbocycles. The molecule has 23 heavy (non-hydrogen) atoms. The lowest BCUT2D eigenvalue weighted by molar-refractivity contribution is -0.151. The number of aromatic amines is 1. The monoisotopic (exact) mass is 349 g/mol. The molecule has 0 amide bonds. The maximum absolute atomic E-state index is 12.5. The normalized spacial score (nSPS) is 28.3. The van der Waals surface area contributed by atoms with Crippen LogP contribution in [0.15, 0.2) is 34.1 Å². The molecule has 0 fully saturated rings. The van der Waals surface area contributed by atoms with E-state index in [-0.39, 0.29) is 4.87 Å². The van der Waals surface area contributed by atoms with Crippen molar-refractivity contribution in [3.8, 4) is 5.75 Å². The van der Waals surface area contributed by atoms with Gasteiger partial charge in [0.1, 0.15) is 10.5 Å². The van der Waals surface area contributed by atoms with Crippen LogP contribution in [0.4, 0.5) is 0 Å². The third kappa shape index (κ3) is 1.91. The van der Waals surface area contributed by atoms with Gasteiger partial charge in [0, 0.05) is 16.4 Å². The molecule has 2 aliphatic rings. The first-order valence-electron chi connectivity index (χ1n) is 6.88. The number of thiazole rings is 1. The number of aromatic nitrogens is 1. The molecule has 3 atom stereocenters. The maximum Gasteiger partial charge on any atom is 0.320 e. The summed E-state index contributed by atoms with van der Waals surface area (Å²) in [5, 5.41) is 10.2. The largest absolute Gasteiger partial charge is 0.480 e. The standard InChI is InChI=1S/C15H11NO5S2/c1-15(13(18)19)9-8(10-11(23-15)16-14(20)22-10)6-4-2-3-5-7(6)21-12(9)17/h2-5,8-9H,1H3,(H,16,20)(H,18,19)/t8-,9-,15-/m1/s1. The van der Waals surface area contributed by atoms with Crippen molar-refractivity contribution in [2.24, 2.45) is 5.92 Å². The SMILES string of the molecule is C[C@@]1(C(=O)O)Sc2[nH]c(=O)sc2[C@@H]2c3ccccc3OC(=O)[C@@H]21. The summed E-state index contributed by atoms with van der Waals surface area (Å²) >= 11 is 2.03. The molecule has 0 radical (unpaired) electrons. The van der Waals surface area contributed by atoms with Gasteiger partial charge in [-0.2, -0.15) is 0 Å². The number of rotatable bonds is 1. The summed E-state index contributed by atoms with van der Waals surface area (Å²) in [6.07, 6.45) is 0. The summed E-state index contributed by atoms with van der Waals surface area (Å²) in [7, 11) is 0. The van der Waals surface area contributed by atoms with Gasteiger partial charge >= 0.3 is 16.8 Å². The van der Waals surface area contributed by atoms with E-state index in [1.807, 2.05) is 12.1 Å². The number of ether oxygens (including phenoxy) is 1. The number of carbonyl (C=O) groups excluding carboxylic acids is 1. The van der Waals surface area contributed by atoms with Crippen LogP contribution in [0.1, 0.15) is 23.3 Å². The number of carbonyl (C=O) groups is 2. The molecular formula is C15H11NO5S2. The summed E-state index contributed by atoms with van der Waals surface area (Å²) < 4.78 is 3.96. The number of carboxylic acid groups (broad SMARTS) is 1. The fraction of sp³-hybridized carbons (Fsp3) is 0.267. The summed E-state index contributed by atoms with van der Waals surface area (Å²) in [6, 6.07) is 7.05. The summed E-state index contributed by atoms with van der Waals surface area (Å²) in [5.74, 6) is -2.64. The highest BCUT2D eigenvalue weighted by atomic mass is 32.2. The van der Waals surface area contributed by atoms with Gasteiger partial charge in [0.25, 0.3) is 0 Å². The molecule has 8 heteroatoms. The van der Waals surface area contributed by atoms with Crippen molar-refractivity contribution in [1.29, 1.82) is 0 Å². The fourth-order valence-electron chi connectivity index (χ4n) is 3.21. The Hall–Kier alpha value is -2.06. The number of hydrogen-bond acceptors (Lipinski definition) is 6. The Bertz CT molecular complexity index is 901. The predicted molar refractivity (Wildman–Crippen MR) is 84.2 cm³/mol. The van der Waals surface area contributed by atoms with Gasteiger partial charge in [-0.3, -0.25) is 14.4 Å². The Morgan fingerprint density at radius 1 is 1.35 bits per heavy atom. The van der Waals surface area contributed by atoms with E-state index in [9.17, 15) is 19.5 Å². The number of carboxylic acids is 1. The molecule has 0 bridgehead atoms. The van der Waals surface area contributed by atoms with Gasteiger partial charge < -0.3 is 14.8 Å². The van der Waals surface area contributed by atoms with Gasteiger partial charge in [0.15, 0.2) is 0 Å². The Morgan fingerprint density at radius 2 is 2.09 bits per heavy atom. The second kappa shape index (κ2) is 4.72. The molecule has 6 nitrogen and oxygen atoms in total. The maximum atomic E-state index is 12.5. The molecule has 0 unspecified atom stereocenters. The Kier molecular flexibility index (Phi) is 2.98. The number of nitrogens with one attached hydrogen (secondary N) is 1. The molecule has 3 heterocycles. The molecule has 1 aromatic heterocycles. The second-order valence-corrected chi connectivity index (χ2v) is 8.11. The Labute approximate surface area is 138 Å². The van der Waals surface area contributed by atoms with E-state index in [4.69, 9.17) is 4.74 Å². The Balaban J connectivity index is 2.03. The zero-order valence-corrected chi connectivity index (χ0v) is 13.5. The number of aliphatic carboxylic acids is 1. The molecule has 0 saturated carbocycles. The number of benzene rings is 1. The first-order chi connectivity index (χ1) is 10.9. The molecule has 0 saturated heterocycles. The minimum Gasteiger partial charge on any atom is -0.480 e. The van der Waals surface area contributed by atoms with E-state index in [0.29, 0.717) is 15.7 Å². The quantitative estimate of drug-likeness (QED) is 0.604. The minimum absolute atomic E-state index is 0.257. The zero-order chi connectivity index (χ0) is 16.4. The van der Waals surface area contributed by atoms with Gasteiger partial charge in [-0.05, 0) is 13.0 Å². The van der Waals surface area contributed by atoms with Crippen LogP contribution >= 0.6 is 23.1 Å². The average molecular weight is 349 g/mol.